The lowest BCUT2D eigenvalue weighted by Gasteiger charge is -2.21. The molecule has 3 aromatic carbocycles. The van der Waals surface area contributed by atoms with Gasteiger partial charge in [-0.05, 0) is 65.4 Å². The zero-order chi connectivity index (χ0) is 27.7. The van der Waals surface area contributed by atoms with Crippen molar-refractivity contribution in [1.29, 1.82) is 0 Å². The molecule has 0 saturated carbocycles. The maximum absolute atomic E-state index is 13.6. The molecular formula is C29H31F3N2O4. The molecule has 0 saturated heterocycles. The molecule has 3 rings (SSSR count). The van der Waals surface area contributed by atoms with Crippen LogP contribution in [0.15, 0.2) is 60.7 Å². The Kier molecular flexibility index (Phi) is 10.3. The predicted molar refractivity (Wildman–Crippen MR) is 140 cm³/mol. The number of hydrogen-bond acceptors (Lipinski definition) is 4. The number of amides is 1. The maximum Gasteiger partial charge on any atom is 0.305 e. The molecule has 1 unspecified atom stereocenters. The van der Waals surface area contributed by atoms with Gasteiger partial charge in [-0.3, -0.25) is 9.59 Å². The quantitative estimate of drug-likeness (QED) is 0.249. The Morgan fingerprint density at radius 3 is 2.11 bits per heavy atom. The van der Waals surface area contributed by atoms with Gasteiger partial charge in [0.2, 0.25) is 0 Å². The third-order valence-corrected chi connectivity index (χ3v) is 5.67. The fraction of sp³-hybridized carbons (Fsp3) is 0.310. The van der Waals surface area contributed by atoms with Gasteiger partial charge in [-0.2, -0.15) is 0 Å². The van der Waals surface area contributed by atoms with E-state index in [9.17, 15) is 22.8 Å². The molecule has 0 fully saturated rings. The second-order valence-corrected chi connectivity index (χ2v) is 9.40. The van der Waals surface area contributed by atoms with E-state index in [0.717, 1.165) is 23.4 Å². The number of benzene rings is 3. The van der Waals surface area contributed by atoms with E-state index in [2.05, 4.69) is 24.5 Å². The largest absolute Gasteiger partial charge is 0.481 e. The van der Waals surface area contributed by atoms with Crippen LogP contribution in [0.5, 0.6) is 0 Å². The van der Waals surface area contributed by atoms with Crippen LogP contribution >= 0.6 is 0 Å². The number of ether oxygens (including phenoxy) is 1. The Bertz CT molecular complexity index is 1210. The van der Waals surface area contributed by atoms with Crippen LogP contribution in [0.2, 0.25) is 0 Å². The summed E-state index contributed by atoms with van der Waals surface area (Å²) in [5, 5.41) is 14.7. The number of anilines is 1. The van der Waals surface area contributed by atoms with Crippen LogP contribution < -0.4 is 10.6 Å². The minimum absolute atomic E-state index is 0.0489. The average Bonchev–Trinajstić information content (AvgIpc) is 2.87. The third-order valence-electron chi connectivity index (χ3n) is 5.67. The summed E-state index contributed by atoms with van der Waals surface area (Å²) in [7, 11) is 0. The molecule has 3 N–H and O–H groups in total. The van der Waals surface area contributed by atoms with Crippen LogP contribution in [0.1, 0.15) is 36.2 Å². The van der Waals surface area contributed by atoms with Crippen molar-refractivity contribution in [3.8, 4) is 11.1 Å². The van der Waals surface area contributed by atoms with Crippen molar-refractivity contribution in [3.63, 3.8) is 0 Å². The molecule has 1 atom stereocenters. The molecule has 0 aliphatic carbocycles. The van der Waals surface area contributed by atoms with Crippen molar-refractivity contribution in [2.45, 2.75) is 32.7 Å². The van der Waals surface area contributed by atoms with Crippen LogP contribution in [-0.4, -0.2) is 42.8 Å². The smallest absolute Gasteiger partial charge is 0.305 e. The van der Waals surface area contributed by atoms with Gasteiger partial charge in [-0.15, -0.1) is 0 Å². The normalized spacial score (nSPS) is 11.8. The van der Waals surface area contributed by atoms with Gasteiger partial charge < -0.3 is 20.5 Å². The van der Waals surface area contributed by atoms with Crippen LogP contribution in [-0.2, 0) is 16.0 Å². The van der Waals surface area contributed by atoms with Gasteiger partial charge in [0.05, 0.1) is 19.1 Å². The number of hydrogen-bond donors (Lipinski definition) is 3. The molecule has 9 heteroatoms. The van der Waals surface area contributed by atoms with Crippen molar-refractivity contribution >= 4 is 17.6 Å². The summed E-state index contributed by atoms with van der Waals surface area (Å²) in [6.07, 6.45) is 0.435. The summed E-state index contributed by atoms with van der Waals surface area (Å²) in [6.45, 7) is 5.18. The zero-order valence-electron chi connectivity index (χ0n) is 21.3. The number of carbonyl (C=O) groups is 2. The summed E-state index contributed by atoms with van der Waals surface area (Å²) >= 11 is 0. The topological polar surface area (TPSA) is 87.7 Å². The van der Waals surface area contributed by atoms with E-state index in [0.29, 0.717) is 36.7 Å². The summed E-state index contributed by atoms with van der Waals surface area (Å²) in [6, 6.07) is 15.8. The van der Waals surface area contributed by atoms with Crippen molar-refractivity contribution < 1.29 is 32.6 Å². The molecule has 202 valence electrons. The van der Waals surface area contributed by atoms with Gasteiger partial charge in [-0.1, -0.05) is 38.1 Å². The van der Waals surface area contributed by atoms with Crippen LogP contribution in [0.3, 0.4) is 0 Å². The first kappa shape index (κ1) is 28.7. The highest BCUT2D eigenvalue weighted by atomic mass is 19.2. The molecule has 38 heavy (non-hydrogen) atoms. The molecule has 0 heterocycles. The summed E-state index contributed by atoms with van der Waals surface area (Å²) in [4.78, 5) is 22.8. The van der Waals surface area contributed by atoms with Gasteiger partial charge in [0.25, 0.3) is 5.91 Å². The number of nitrogens with one attached hydrogen (secondary N) is 2. The number of aliphatic carboxylic acids is 1. The van der Waals surface area contributed by atoms with E-state index in [1.807, 2.05) is 12.1 Å². The Hall–Kier alpha value is -3.85. The summed E-state index contributed by atoms with van der Waals surface area (Å²) in [5.74, 6) is -4.93. The molecule has 0 bridgehead atoms. The maximum atomic E-state index is 13.6. The van der Waals surface area contributed by atoms with E-state index in [4.69, 9.17) is 9.84 Å². The lowest BCUT2D eigenvalue weighted by molar-refractivity contribution is -0.136. The number of carbonyl (C=O) groups excluding carboxylic acids is 1. The molecule has 0 spiro atoms. The van der Waals surface area contributed by atoms with Crippen molar-refractivity contribution in [2.24, 2.45) is 5.92 Å². The first-order valence-corrected chi connectivity index (χ1v) is 12.3. The second-order valence-electron chi connectivity index (χ2n) is 9.40. The fourth-order valence-corrected chi connectivity index (χ4v) is 3.78. The van der Waals surface area contributed by atoms with Crippen LogP contribution in [0, 0.1) is 23.4 Å². The summed E-state index contributed by atoms with van der Waals surface area (Å²) in [5.41, 5.74) is 2.95. The fourth-order valence-electron chi connectivity index (χ4n) is 3.78. The SMILES string of the molecule is CC(C)COCC(Cc1ccc(-c2cc(F)c(F)c(F)c2)cc1)Nc1ccc(C(=O)NCCC(=O)O)cc1. The number of carboxylic acids is 1. The van der Waals surface area contributed by atoms with Gasteiger partial charge in [-0.25, -0.2) is 13.2 Å². The van der Waals surface area contributed by atoms with Gasteiger partial charge >= 0.3 is 5.97 Å². The molecule has 0 aliphatic heterocycles. The van der Waals surface area contributed by atoms with Crippen LogP contribution in [0.4, 0.5) is 18.9 Å². The molecule has 0 aromatic heterocycles. The van der Waals surface area contributed by atoms with Gasteiger partial charge in [0.15, 0.2) is 17.5 Å². The predicted octanol–water partition coefficient (Wildman–Crippen LogP) is 5.67. The number of rotatable bonds is 13. The standard InChI is InChI=1S/C29H31F3N2O4/c1-18(2)16-38-17-24(34-23-9-7-21(8-10-23)29(37)33-12-11-27(35)36)13-19-3-5-20(6-4-19)22-14-25(30)28(32)26(31)15-22/h3-10,14-15,18,24,34H,11-13,16-17H2,1-2H3,(H,33,37)(H,35,36). The number of halogens is 3. The van der Waals surface area contributed by atoms with Crippen molar-refractivity contribution in [2.75, 3.05) is 25.1 Å². The Morgan fingerprint density at radius 1 is 0.895 bits per heavy atom. The van der Waals surface area contributed by atoms with E-state index >= 15 is 0 Å². The van der Waals surface area contributed by atoms with Gasteiger partial charge in [0, 0.05) is 24.4 Å². The molecule has 6 nitrogen and oxygen atoms in total. The van der Waals surface area contributed by atoms with Crippen LogP contribution in [0.25, 0.3) is 11.1 Å². The molecule has 1 amide bonds. The second kappa shape index (κ2) is 13.6. The van der Waals surface area contributed by atoms with E-state index < -0.39 is 23.4 Å². The van der Waals surface area contributed by atoms with E-state index in [-0.39, 0.29) is 30.5 Å². The molecule has 3 aromatic rings. The lowest BCUT2D eigenvalue weighted by Crippen LogP contribution is -2.29. The van der Waals surface area contributed by atoms with E-state index in [1.165, 1.54) is 0 Å². The first-order valence-electron chi connectivity index (χ1n) is 12.3. The highest BCUT2D eigenvalue weighted by molar-refractivity contribution is 5.94. The Labute approximate surface area is 219 Å². The Balaban J connectivity index is 1.67. The highest BCUT2D eigenvalue weighted by Gasteiger charge is 2.14. The van der Waals surface area contributed by atoms with Gasteiger partial charge in [0.1, 0.15) is 0 Å². The monoisotopic (exact) mass is 528 g/mol. The molecule has 0 radical (unpaired) electrons. The minimum atomic E-state index is -1.49. The van der Waals surface area contributed by atoms with Crippen molar-refractivity contribution in [3.05, 3.63) is 89.2 Å². The Morgan fingerprint density at radius 2 is 1.53 bits per heavy atom. The highest BCUT2D eigenvalue weighted by Crippen LogP contribution is 2.25. The van der Waals surface area contributed by atoms with Crippen molar-refractivity contribution in [1.82, 2.24) is 5.32 Å². The third kappa shape index (κ3) is 8.62. The molecular weight excluding hydrogens is 497 g/mol. The minimum Gasteiger partial charge on any atom is -0.481 e. The number of carboxylic acid groups (broad SMARTS) is 1. The lowest BCUT2D eigenvalue weighted by atomic mass is 10.00. The van der Waals surface area contributed by atoms with E-state index in [1.54, 1.807) is 36.4 Å². The first-order chi connectivity index (χ1) is 18.1. The summed E-state index contributed by atoms with van der Waals surface area (Å²) < 4.78 is 46.4. The average molecular weight is 529 g/mol. The molecule has 0 aliphatic rings. The zero-order valence-corrected chi connectivity index (χ0v) is 21.3.